The zero-order chi connectivity index (χ0) is 14.5. The Hall–Kier alpha value is -2.82. The van der Waals surface area contributed by atoms with Crippen molar-refractivity contribution in [2.45, 2.75) is 0 Å². The second kappa shape index (κ2) is 6.09. The molecular formula is C16H17N5. The first-order valence-corrected chi connectivity index (χ1v) is 6.85. The van der Waals surface area contributed by atoms with Crippen LogP contribution in [0.2, 0.25) is 0 Å². The summed E-state index contributed by atoms with van der Waals surface area (Å²) in [6.07, 6.45) is 6.78. The molecule has 21 heavy (non-hydrogen) atoms. The van der Waals surface area contributed by atoms with Crippen molar-refractivity contribution < 1.29 is 0 Å². The standard InChI is InChI=1S/C16H17N5/c17-9-12(10-21-13-3-2-6-18-11-13)14-4-1-5-15-16(14)20-8-7-19-15/h1-6,9-11,19-20H,7-8,17H2. The molecule has 0 spiro atoms. The van der Waals surface area contributed by atoms with Crippen LogP contribution in [-0.2, 0) is 0 Å². The van der Waals surface area contributed by atoms with Crippen molar-refractivity contribution >= 4 is 28.8 Å². The number of para-hydroxylation sites is 1. The van der Waals surface area contributed by atoms with Crippen molar-refractivity contribution in [1.82, 2.24) is 4.98 Å². The third-order valence-corrected chi connectivity index (χ3v) is 3.30. The number of aliphatic imine (C=N–C) groups is 1. The monoisotopic (exact) mass is 279 g/mol. The Bertz CT molecular complexity index is 676. The number of nitrogens with one attached hydrogen (secondary N) is 2. The van der Waals surface area contributed by atoms with Gasteiger partial charge in [-0.25, -0.2) is 0 Å². The Labute approximate surface area is 123 Å². The molecule has 0 saturated carbocycles. The van der Waals surface area contributed by atoms with Crippen LogP contribution in [0.4, 0.5) is 17.1 Å². The summed E-state index contributed by atoms with van der Waals surface area (Å²) >= 11 is 0. The first kappa shape index (κ1) is 13.2. The first-order valence-electron chi connectivity index (χ1n) is 6.85. The molecule has 2 aromatic rings. The fraction of sp³-hybridized carbons (Fsp3) is 0.125. The number of hydrogen-bond donors (Lipinski definition) is 3. The van der Waals surface area contributed by atoms with E-state index in [9.17, 15) is 0 Å². The van der Waals surface area contributed by atoms with E-state index in [1.54, 1.807) is 24.8 Å². The number of aromatic nitrogens is 1. The van der Waals surface area contributed by atoms with E-state index in [-0.39, 0.29) is 0 Å². The van der Waals surface area contributed by atoms with E-state index in [0.717, 1.165) is 41.3 Å². The Morgan fingerprint density at radius 1 is 1.19 bits per heavy atom. The van der Waals surface area contributed by atoms with Gasteiger partial charge in [0.25, 0.3) is 0 Å². The predicted molar refractivity (Wildman–Crippen MR) is 88.0 cm³/mol. The van der Waals surface area contributed by atoms with Gasteiger partial charge in [-0.1, -0.05) is 12.1 Å². The van der Waals surface area contributed by atoms with Crippen LogP contribution in [0.15, 0.2) is 53.9 Å². The van der Waals surface area contributed by atoms with Gasteiger partial charge in [-0.3, -0.25) is 9.98 Å². The molecule has 0 unspecified atom stereocenters. The molecule has 0 bridgehead atoms. The molecule has 0 aliphatic carbocycles. The first-order chi connectivity index (χ1) is 10.4. The van der Waals surface area contributed by atoms with Gasteiger partial charge in [0.15, 0.2) is 0 Å². The summed E-state index contributed by atoms with van der Waals surface area (Å²) in [6.45, 7) is 1.81. The molecule has 1 aromatic carbocycles. The molecular weight excluding hydrogens is 262 g/mol. The molecule has 4 N–H and O–H groups in total. The summed E-state index contributed by atoms with van der Waals surface area (Å²) in [4.78, 5) is 8.46. The minimum Gasteiger partial charge on any atom is -0.404 e. The highest BCUT2D eigenvalue weighted by molar-refractivity contribution is 6.13. The molecule has 5 heteroatoms. The number of anilines is 2. The molecule has 0 amide bonds. The fourth-order valence-electron chi connectivity index (χ4n) is 2.29. The quantitative estimate of drug-likeness (QED) is 0.755. The van der Waals surface area contributed by atoms with E-state index in [1.165, 1.54) is 0 Å². The molecule has 1 aromatic heterocycles. The highest BCUT2D eigenvalue weighted by Gasteiger charge is 2.13. The maximum absolute atomic E-state index is 5.78. The van der Waals surface area contributed by atoms with Crippen molar-refractivity contribution in [3.63, 3.8) is 0 Å². The van der Waals surface area contributed by atoms with E-state index in [0.29, 0.717) is 0 Å². The minimum atomic E-state index is 0.799. The fourth-order valence-corrected chi connectivity index (χ4v) is 2.29. The van der Waals surface area contributed by atoms with Crippen LogP contribution in [0.25, 0.3) is 5.57 Å². The van der Waals surface area contributed by atoms with Crippen molar-refractivity contribution in [3.05, 3.63) is 54.5 Å². The lowest BCUT2D eigenvalue weighted by molar-refractivity contribution is 1.04. The number of hydrogen-bond acceptors (Lipinski definition) is 5. The predicted octanol–water partition coefficient (Wildman–Crippen LogP) is 2.62. The van der Waals surface area contributed by atoms with Crippen LogP contribution >= 0.6 is 0 Å². The van der Waals surface area contributed by atoms with Gasteiger partial charge in [-0.15, -0.1) is 0 Å². The second-order valence-electron chi connectivity index (χ2n) is 4.67. The maximum atomic E-state index is 5.78. The van der Waals surface area contributed by atoms with Crippen LogP contribution in [0.3, 0.4) is 0 Å². The van der Waals surface area contributed by atoms with Gasteiger partial charge in [0, 0.05) is 42.8 Å². The number of benzene rings is 1. The molecule has 3 rings (SSSR count). The molecule has 2 heterocycles. The molecule has 1 aliphatic rings. The zero-order valence-corrected chi connectivity index (χ0v) is 11.6. The third kappa shape index (κ3) is 2.86. The van der Waals surface area contributed by atoms with Gasteiger partial charge in [0.2, 0.25) is 0 Å². The van der Waals surface area contributed by atoms with Crippen LogP contribution in [-0.4, -0.2) is 24.3 Å². The zero-order valence-electron chi connectivity index (χ0n) is 11.6. The van der Waals surface area contributed by atoms with Gasteiger partial charge in [0.1, 0.15) is 0 Å². The maximum Gasteiger partial charge on any atom is 0.0813 e. The van der Waals surface area contributed by atoms with E-state index < -0.39 is 0 Å². The molecule has 0 fully saturated rings. The van der Waals surface area contributed by atoms with E-state index >= 15 is 0 Å². The molecule has 0 saturated heterocycles. The lowest BCUT2D eigenvalue weighted by atomic mass is 10.0. The van der Waals surface area contributed by atoms with Crippen molar-refractivity contribution in [1.29, 1.82) is 0 Å². The summed E-state index contributed by atoms with van der Waals surface area (Å²) in [5, 5.41) is 6.78. The summed E-state index contributed by atoms with van der Waals surface area (Å²) < 4.78 is 0. The Kier molecular flexibility index (Phi) is 3.82. The summed E-state index contributed by atoms with van der Waals surface area (Å²) in [6, 6.07) is 9.85. The number of nitrogens with zero attached hydrogens (tertiary/aromatic N) is 2. The smallest absolute Gasteiger partial charge is 0.0813 e. The highest BCUT2D eigenvalue weighted by atomic mass is 15.0. The van der Waals surface area contributed by atoms with Crippen LogP contribution in [0.1, 0.15) is 5.56 Å². The Morgan fingerprint density at radius 3 is 2.90 bits per heavy atom. The van der Waals surface area contributed by atoms with Gasteiger partial charge in [-0.2, -0.15) is 0 Å². The number of nitrogens with two attached hydrogens (primary N) is 1. The van der Waals surface area contributed by atoms with Gasteiger partial charge in [0.05, 0.1) is 23.3 Å². The highest BCUT2D eigenvalue weighted by Crippen LogP contribution is 2.32. The molecule has 0 radical (unpaired) electrons. The lowest BCUT2D eigenvalue weighted by Gasteiger charge is -2.22. The van der Waals surface area contributed by atoms with Gasteiger partial charge in [-0.05, 0) is 18.2 Å². The Balaban J connectivity index is 1.93. The van der Waals surface area contributed by atoms with Crippen LogP contribution < -0.4 is 16.4 Å². The molecule has 5 nitrogen and oxygen atoms in total. The topological polar surface area (TPSA) is 75.3 Å². The lowest BCUT2D eigenvalue weighted by Crippen LogP contribution is -2.21. The molecule has 0 atom stereocenters. The third-order valence-electron chi connectivity index (χ3n) is 3.30. The van der Waals surface area contributed by atoms with E-state index in [2.05, 4.69) is 26.7 Å². The SMILES string of the molecule is NC=C(C=Nc1cccnc1)c1cccc2c1NCCN2. The average Bonchev–Trinajstić information content (AvgIpc) is 2.56. The largest absolute Gasteiger partial charge is 0.404 e. The van der Waals surface area contributed by atoms with Crippen LogP contribution in [0, 0.1) is 0 Å². The number of fused-ring (bicyclic) bond motifs is 1. The molecule has 106 valence electrons. The van der Waals surface area contributed by atoms with Gasteiger partial charge >= 0.3 is 0 Å². The minimum absolute atomic E-state index is 0.799. The number of allylic oxidation sites excluding steroid dienone is 1. The van der Waals surface area contributed by atoms with Gasteiger partial charge < -0.3 is 16.4 Å². The summed E-state index contributed by atoms with van der Waals surface area (Å²) in [7, 11) is 0. The number of pyridine rings is 1. The Morgan fingerprint density at radius 2 is 2.10 bits per heavy atom. The summed E-state index contributed by atoms with van der Waals surface area (Å²) in [5.41, 5.74) is 10.6. The average molecular weight is 279 g/mol. The normalized spacial score (nSPS) is 14.4. The van der Waals surface area contributed by atoms with Crippen molar-refractivity contribution in [2.24, 2.45) is 10.7 Å². The van der Waals surface area contributed by atoms with Crippen molar-refractivity contribution in [3.8, 4) is 0 Å². The second-order valence-corrected chi connectivity index (χ2v) is 4.67. The summed E-state index contributed by atoms with van der Waals surface area (Å²) in [5.74, 6) is 0. The van der Waals surface area contributed by atoms with Crippen molar-refractivity contribution in [2.75, 3.05) is 23.7 Å². The van der Waals surface area contributed by atoms with E-state index in [4.69, 9.17) is 5.73 Å². The number of rotatable bonds is 3. The molecule has 1 aliphatic heterocycles. The van der Waals surface area contributed by atoms with Crippen LogP contribution in [0.5, 0.6) is 0 Å². The van der Waals surface area contributed by atoms with E-state index in [1.807, 2.05) is 24.3 Å².